The number of nitrogens with zero attached hydrogens (tertiary/aromatic N) is 1. The molecule has 2 nitrogen and oxygen atoms in total. The molecule has 0 bridgehead atoms. The Balaban J connectivity index is 3.37. The molecule has 0 unspecified atom stereocenters. The van der Waals surface area contributed by atoms with Crippen LogP contribution in [0.4, 0.5) is 13.2 Å². The Bertz CT molecular complexity index is 297. The predicted octanol–water partition coefficient (Wildman–Crippen LogP) is 1.30. The van der Waals surface area contributed by atoms with Crippen molar-refractivity contribution in [1.82, 2.24) is 4.98 Å². The lowest BCUT2D eigenvalue weighted by Crippen LogP contribution is -1.79. The number of aromatic nitrogens is 1. The van der Waals surface area contributed by atoms with E-state index >= 15 is 0 Å². The van der Waals surface area contributed by atoms with Gasteiger partial charge in [-0.1, -0.05) is 0 Å². The molecule has 1 heterocycles. The number of nitrogens with one attached hydrogen (secondary N) is 1. The first-order valence-electron chi connectivity index (χ1n) is 2.29. The van der Waals surface area contributed by atoms with Gasteiger partial charge in [-0.3, -0.25) is 0 Å². The molecule has 0 aliphatic rings. The quantitative estimate of drug-likeness (QED) is 0.588. The van der Waals surface area contributed by atoms with Crippen molar-refractivity contribution in [1.29, 1.82) is 5.26 Å². The Hall–Kier alpha value is -1.44. The van der Waals surface area contributed by atoms with Crippen LogP contribution in [0.3, 0.4) is 0 Å². The third kappa shape index (κ3) is 0.739. The van der Waals surface area contributed by atoms with Crippen LogP contribution < -0.4 is 0 Å². The van der Waals surface area contributed by atoms with Crippen LogP contribution in [-0.2, 0) is 0 Å². The first-order valence-corrected chi connectivity index (χ1v) is 2.29. The average molecular weight is 146 g/mol. The number of halogens is 3. The molecule has 0 radical (unpaired) electrons. The Morgan fingerprint density at radius 2 is 1.80 bits per heavy atom. The lowest BCUT2D eigenvalue weighted by atomic mass is 10.3. The molecule has 0 saturated heterocycles. The summed E-state index contributed by atoms with van der Waals surface area (Å²) in [4.78, 5) is 1.40. The number of nitriles is 1. The zero-order valence-corrected chi connectivity index (χ0v) is 4.58. The van der Waals surface area contributed by atoms with Crippen LogP contribution in [0.25, 0.3) is 0 Å². The van der Waals surface area contributed by atoms with E-state index in [4.69, 9.17) is 5.26 Å². The highest BCUT2D eigenvalue weighted by molar-refractivity contribution is 5.28. The zero-order chi connectivity index (χ0) is 7.72. The molecule has 1 rings (SSSR count). The Kier molecular flexibility index (Phi) is 1.38. The number of hydrogen-bond donors (Lipinski definition) is 1. The molecule has 5 heteroatoms. The Morgan fingerprint density at radius 1 is 1.20 bits per heavy atom. The van der Waals surface area contributed by atoms with Crippen LogP contribution in [0, 0.1) is 29.0 Å². The van der Waals surface area contributed by atoms with Crippen molar-refractivity contribution < 1.29 is 13.2 Å². The summed E-state index contributed by atoms with van der Waals surface area (Å²) in [6, 6.07) is 1.16. The van der Waals surface area contributed by atoms with Gasteiger partial charge in [-0.05, 0) is 0 Å². The van der Waals surface area contributed by atoms with Gasteiger partial charge in [-0.25, -0.2) is 4.39 Å². The second-order valence-electron chi connectivity index (χ2n) is 1.55. The smallest absolute Gasteiger partial charge is 0.230 e. The summed E-state index contributed by atoms with van der Waals surface area (Å²) < 4.78 is 36.2. The van der Waals surface area contributed by atoms with Crippen molar-refractivity contribution in [2.24, 2.45) is 0 Å². The molecule has 0 aromatic carbocycles. The highest BCUT2D eigenvalue weighted by atomic mass is 19.2. The van der Waals surface area contributed by atoms with E-state index in [2.05, 4.69) is 0 Å². The van der Waals surface area contributed by atoms with E-state index in [0.29, 0.717) is 0 Å². The molecule has 1 aromatic heterocycles. The fraction of sp³-hybridized carbons (Fsp3) is 0. The summed E-state index contributed by atoms with van der Waals surface area (Å²) in [5, 5.41) is 8.00. The second-order valence-corrected chi connectivity index (χ2v) is 1.55. The molecule has 0 amide bonds. The lowest BCUT2D eigenvalue weighted by Gasteiger charge is -1.76. The number of H-pyrrole nitrogens is 1. The Labute approximate surface area is 53.9 Å². The van der Waals surface area contributed by atoms with E-state index in [0.717, 1.165) is 6.07 Å². The summed E-state index contributed by atoms with van der Waals surface area (Å²) in [6.45, 7) is 0. The van der Waals surface area contributed by atoms with Crippen molar-refractivity contribution in [3.8, 4) is 6.07 Å². The summed E-state index contributed by atoms with van der Waals surface area (Å²) in [5.74, 6) is -4.20. The fourth-order valence-corrected chi connectivity index (χ4v) is 0.518. The van der Waals surface area contributed by atoms with Crippen LogP contribution >= 0.6 is 0 Å². The first kappa shape index (κ1) is 6.68. The van der Waals surface area contributed by atoms with Crippen molar-refractivity contribution in [3.63, 3.8) is 0 Å². The van der Waals surface area contributed by atoms with E-state index < -0.39 is 23.3 Å². The normalized spacial score (nSPS) is 9.40. The maximum atomic E-state index is 12.2. The topological polar surface area (TPSA) is 39.6 Å². The third-order valence-corrected chi connectivity index (χ3v) is 0.963. The molecule has 1 aromatic rings. The molecule has 0 aliphatic carbocycles. The maximum absolute atomic E-state index is 12.2. The van der Waals surface area contributed by atoms with Crippen LogP contribution in [0.2, 0.25) is 0 Å². The number of rotatable bonds is 0. The van der Waals surface area contributed by atoms with Crippen molar-refractivity contribution in [2.45, 2.75) is 0 Å². The van der Waals surface area contributed by atoms with E-state index in [1.54, 1.807) is 0 Å². The van der Waals surface area contributed by atoms with Crippen LogP contribution in [-0.4, -0.2) is 4.98 Å². The second kappa shape index (κ2) is 2.06. The van der Waals surface area contributed by atoms with Gasteiger partial charge in [0, 0.05) is 0 Å². The van der Waals surface area contributed by atoms with Gasteiger partial charge in [0.25, 0.3) is 0 Å². The summed E-state index contributed by atoms with van der Waals surface area (Å²) in [5.41, 5.74) is -0.919. The van der Waals surface area contributed by atoms with Gasteiger partial charge in [0.2, 0.25) is 11.9 Å². The molecule has 0 atom stereocenters. The fourth-order valence-electron chi connectivity index (χ4n) is 0.518. The maximum Gasteiger partial charge on any atom is 0.230 e. The van der Waals surface area contributed by atoms with Gasteiger partial charge in [0.15, 0.2) is 5.82 Å². The van der Waals surface area contributed by atoms with Gasteiger partial charge >= 0.3 is 0 Å². The van der Waals surface area contributed by atoms with Crippen LogP contribution in [0.15, 0.2) is 0 Å². The average Bonchev–Trinajstić information content (AvgIpc) is 2.09. The highest BCUT2D eigenvalue weighted by Crippen LogP contribution is 2.12. The molecular weight excluding hydrogens is 145 g/mol. The largest absolute Gasteiger partial charge is 0.305 e. The minimum Gasteiger partial charge on any atom is -0.305 e. The van der Waals surface area contributed by atoms with Crippen LogP contribution in [0.1, 0.15) is 5.56 Å². The minimum absolute atomic E-state index is 0.919. The van der Waals surface area contributed by atoms with Crippen molar-refractivity contribution in [3.05, 3.63) is 23.3 Å². The molecular formula is C5HF3N2. The van der Waals surface area contributed by atoms with E-state index in [-0.39, 0.29) is 0 Å². The minimum atomic E-state index is -1.47. The summed E-state index contributed by atoms with van der Waals surface area (Å²) >= 11 is 0. The van der Waals surface area contributed by atoms with E-state index in [9.17, 15) is 13.2 Å². The zero-order valence-electron chi connectivity index (χ0n) is 4.58. The van der Waals surface area contributed by atoms with Gasteiger partial charge in [-0.15, -0.1) is 0 Å². The molecule has 0 fully saturated rings. The highest BCUT2D eigenvalue weighted by Gasteiger charge is 2.16. The van der Waals surface area contributed by atoms with E-state index in [1.165, 1.54) is 4.98 Å². The third-order valence-electron chi connectivity index (χ3n) is 0.963. The summed E-state index contributed by atoms with van der Waals surface area (Å²) in [7, 11) is 0. The van der Waals surface area contributed by atoms with Crippen molar-refractivity contribution in [2.75, 3.05) is 0 Å². The predicted molar refractivity (Wildman–Crippen MR) is 25.4 cm³/mol. The van der Waals surface area contributed by atoms with Crippen molar-refractivity contribution >= 4 is 0 Å². The standard InChI is InChI=1S/C5HF3N2/c6-3-2(1-9)4(7)10-5(3)8/h10H. The SMILES string of the molecule is N#Cc1c(F)[nH]c(F)c1F. The lowest BCUT2D eigenvalue weighted by molar-refractivity contribution is 0.484. The molecule has 10 heavy (non-hydrogen) atoms. The monoisotopic (exact) mass is 146 g/mol. The van der Waals surface area contributed by atoms with E-state index in [1.807, 2.05) is 0 Å². The number of hydrogen-bond acceptors (Lipinski definition) is 1. The summed E-state index contributed by atoms with van der Waals surface area (Å²) in [6.07, 6.45) is 0. The van der Waals surface area contributed by atoms with Gasteiger partial charge in [0.1, 0.15) is 11.6 Å². The molecule has 0 aliphatic heterocycles. The van der Waals surface area contributed by atoms with Gasteiger partial charge < -0.3 is 4.98 Å². The Morgan fingerprint density at radius 3 is 2.00 bits per heavy atom. The molecule has 1 N–H and O–H groups in total. The van der Waals surface area contributed by atoms with Crippen LogP contribution in [0.5, 0.6) is 0 Å². The van der Waals surface area contributed by atoms with Gasteiger partial charge in [-0.2, -0.15) is 14.0 Å². The molecule has 52 valence electrons. The first-order chi connectivity index (χ1) is 4.66. The van der Waals surface area contributed by atoms with Gasteiger partial charge in [0.05, 0.1) is 0 Å². The molecule has 0 saturated carbocycles. The number of aromatic amines is 1. The molecule has 0 spiro atoms.